The van der Waals surface area contributed by atoms with Crippen LogP contribution in [0.5, 0.6) is 0 Å². The SMILES string of the molecule is O=C[CH]([Na])C=O. The molecule has 0 saturated heterocycles. The van der Waals surface area contributed by atoms with Crippen molar-refractivity contribution in [2.24, 2.45) is 0 Å². The van der Waals surface area contributed by atoms with E-state index >= 15 is 0 Å². The molecule has 3 heteroatoms. The predicted octanol–water partition coefficient (Wildman–Crippen LogP) is -0.659. The minimum atomic E-state index is -0.287. The van der Waals surface area contributed by atoms with Gasteiger partial charge in [0.05, 0.1) is 0 Å². The molecule has 0 atom stereocenters. The normalized spacial score (nSPS) is 8.50. The van der Waals surface area contributed by atoms with E-state index in [0.29, 0.717) is 40.5 Å². The summed E-state index contributed by atoms with van der Waals surface area (Å²) in [5.74, 6) is 0. The van der Waals surface area contributed by atoms with Gasteiger partial charge in [-0.2, -0.15) is 0 Å². The molecule has 0 aliphatic heterocycles. The van der Waals surface area contributed by atoms with E-state index in [0.717, 1.165) is 0 Å². The van der Waals surface area contributed by atoms with Gasteiger partial charge in [-0.25, -0.2) is 0 Å². The maximum absolute atomic E-state index is 9.54. The van der Waals surface area contributed by atoms with E-state index in [1.54, 1.807) is 0 Å². The third-order valence-corrected chi connectivity index (χ3v) is 0.974. The second kappa shape index (κ2) is 3.53. The van der Waals surface area contributed by atoms with E-state index in [2.05, 4.69) is 0 Å². The molecule has 28 valence electrons. The Hall–Kier alpha value is 0.340. The van der Waals surface area contributed by atoms with Crippen LogP contribution in [0.4, 0.5) is 0 Å². The van der Waals surface area contributed by atoms with Gasteiger partial charge in [-0.05, 0) is 0 Å². The van der Waals surface area contributed by atoms with Crippen LogP contribution in [0.25, 0.3) is 0 Å². The van der Waals surface area contributed by atoms with Crippen molar-refractivity contribution in [3.05, 3.63) is 0 Å². The van der Waals surface area contributed by atoms with Crippen molar-refractivity contribution in [3.63, 3.8) is 0 Å². The predicted molar refractivity (Wildman–Crippen MR) is 21.6 cm³/mol. The van der Waals surface area contributed by atoms with Gasteiger partial charge in [0.15, 0.2) is 0 Å². The van der Waals surface area contributed by atoms with E-state index in [4.69, 9.17) is 0 Å². The van der Waals surface area contributed by atoms with Gasteiger partial charge in [-0.15, -0.1) is 0 Å². The van der Waals surface area contributed by atoms with Gasteiger partial charge in [0.1, 0.15) is 0 Å². The molecule has 0 radical (unpaired) electrons. The average Bonchev–Trinajstić information content (AvgIpc) is 1.65. The molecule has 0 rings (SSSR count). The molecule has 0 fully saturated rings. The Labute approximate surface area is 53.3 Å². The van der Waals surface area contributed by atoms with Crippen LogP contribution in [0.1, 0.15) is 0 Å². The van der Waals surface area contributed by atoms with Crippen LogP contribution in [0, 0.1) is 0 Å². The fraction of sp³-hybridized carbons (Fsp3) is 0.333. The first-order valence-electron chi connectivity index (χ1n) is 1.72. The van der Waals surface area contributed by atoms with Crippen LogP contribution in [-0.4, -0.2) is 40.5 Å². The second-order valence-corrected chi connectivity index (χ2v) is 2.46. The minimum absolute atomic E-state index is 0.287. The molecule has 0 unspecified atom stereocenters. The summed E-state index contributed by atoms with van der Waals surface area (Å²) in [7, 11) is 0. The number of rotatable bonds is 2. The van der Waals surface area contributed by atoms with Crippen molar-refractivity contribution in [3.8, 4) is 0 Å². The zero-order valence-electron chi connectivity index (χ0n) is 3.55. The first kappa shape index (κ1) is 6.34. The van der Waals surface area contributed by atoms with Crippen LogP contribution in [0.2, 0.25) is 3.17 Å². The van der Waals surface area contributed by atoms with E-state index in [-0.39, 0.29) is 3.17 Å². The third kappa shape index (κ3) is 2.57. The molecule has 0 N–H and O–H groups in total. The van der Waals surface area contributed by atoms with Gasteiger partial charge in [0.2, 0.25) is 0 Å². The number of aldehydes is 2. The molecule has 0 heterocycles. The Morgan fingerprint density at radius 1 is 1.33 bits per heavy atom. The molecule has 0 aliphatic rings. The van der Waals surface area contributed by atoms with Crippen LogP contribution < -0.4 is 0 Å². The summed E-state index contributed by atoms with van der Waals surface area (Å²) in [6.45, 7) is 0. The summed E-state index contributed by atoms with van der Waals surface area (Å²) in [6, 6.07) is 0. The Bertz CT molecular complexity index is 53.8. The van der Waals surface area contributed by atoms with E-state index in [9.17, 15) is 9.59 Å². The summed E-state index contributed by atoms with van der Waals surface area (Å²) >= 11 is 0.654. The molecule has 0 aromatic rings. The maximum atomic E-state index is 9.54. The fourth-order valence-corrected chi connectivity index (χ4v) is 0.0321. The Balaban J connectivity index is 3.21. The van der Waals surface area contributed by atoms with Crippen molar-refractivity contribution >= 4 is 40.5 Å². The van der Waals surface area contributed by atoms with Crippen molar-refractivity contribution < 1.29 is 9.59 Å². The zero-order valence-corrected chi connectivity index (χ0v) is 5.55. The summed E-state index contributed by atoms with van der Waals surface area (Å²) < 4.78 is -0.287. The number of carbonyl (C=O) groups is 2. The molecule has 0 saturated carbocycles. The molecule has 0 bridgehead atoms. The van der Waals surface area contributed by atoms with Crippen molar-refractivity contribution in [2.45, 2.75) is 3.17 Å². The quantitative estimate of drug-likeness (QED) is 0.258. The van der Waals surface area contributed by atoms with E-state index < -0.39 is 0 Å². The number of carbonyl (C=O) groups excluding carboxylic acids is 2. The Kier molecular flexibility index (Phi) is 3.73. The average molecular weight is 94.0 g/mol. The fourth-order valence-electron chi connectivity index (χ4n) is 0.0321. The zero-order chi connectivity index (χ0) is 4.99. The standard InChI is InChI=1S/C3H3O2.Na/c4-2-1-3-5;/h1-3H;. The number of hydrogen-bond donors (Lipinski definition) is 0. The molecule has 0 aliphatic carbocycles. The Morgan fingerprint density at radius 3 is 1.67 bits per heavy atom. The first-order chi connectivity index (χ1) is 2.81. The summed E-state index contributed by atoms with van der Waals surface area (Å²) in [4.78, 5) is 19.1. The van der Waals surface area contributed by atoms with Crippen molar-refractivity contribution in [2.75, 3.05) is 0 Å². The molecule has 0 aromatic heterocycles. The second-order valence-electron chi connectivity index (χ2n) is 1.13. The van der Waals surface area contributed by atoms with Gasteiger partial charge in [0.25, 0.3) is 0 Å². The van der Waals surface area contributed by atoms with Gasteiger partial charge < -0.3 is 0 Å². The monoisotopic (exact) mass is 94.0 g/mol. The molecular formula is C3H3NaO2. The summed E-state index contributed by atoms with van der Waals surface area (Å²) in [6.07, 6.45) is 1.33. The summed E-state index contributed by atoms with van der Waals surface area (Å²) in [5.41, 5.74) is 0. The van der Waals surface area contributed by atoms with Gasteiger partial charge in [0, 0.05) is 0 Å². The molecule has 0 amide bonds. The first-order valence-corrected chi connectivity index (χ1v) is 2.87. The molecule has 6 heavy (non-hydrogen) atoms. The van der Waals surface area contributed by atoms with Gasteiger partial charge in [-0.3, -0.25) is 0 Å². The molecular weight excluding hydrogens is 91.0 g/mol. The Morgan fingerprint density at radius 2 is 1.67 bits per heavy atom. The van der Waals surface area contributed by atoms with Gasteiger partial charge in [-0.1, -0.05) is 0 Å². The topological polar surface area (TPSA) is 34.1 Å². The van der Waals surface area contributed by atoms with E-state index in [1.165, 1.54) is 0 Å². The molecule has 0 aromatic carbocycles. The van der Waals surface area contributed by atoms with Crippen molar-refractivity contribution in [1.29, 1.82) is 0 Å². The third-order valence-electron chi connectivity index (χ3n) is 0.429. The summed E-state index contributed by atoms with van der Waals surface area (Å²) in [5, 5.41) is 0. The van der Waals surface area contributed by atoms with Crippen LogP contribution in [-0.2, 0) is 9.59 Å². The van der Waals surface area contributed by atoms with Crippen molar-refractivity contribution in [1.82, 2.24) is 0 Å². The molecule has 2 nitrogen and oxygen atoms in total. The van der Waals surface area contributed by atoms with E-state index in [1.807, 2.05) is 0 Å². The van der Waals surface area contributed by atoms with Crippen LogP contribution in [0.3, 0.4) is 0 Å². The van der Waals surface area contributed by atoms with Crippen LogP contribution in [0.15, 0.2) is 0 Å². The number of hydrogen-bond acceptors (Lipinski definition) is 2. The molecule has 0 spiro atoms. The van der Waals surface area contributed by atoms with Crippen LogP contribution >= 0.6 is 0 Å². The van der Waals surface area contributed by atoms with Gasteiger partial charge >= 0.3 is 53.3 Å².